The van der Waals surface area contributed by atoms with E-state index in [1.807, 2.05) is 0 Å². The van der Waals surface area contributed by atoms with Crippen molar-refractivity contribution >= 4 is 16.0 Å². The first-order valence-electron chi connectivity index (χ1n) is 5.06. The molecule has 2 N–H and O–H groups in total. The van der Waals surface area contributed by atoms with Crippen molar-refractivity contribution in [3.05, 3.63) is 12.3 Å². The van der Waals surface area contributed by atoms with E-state index in [0.717, 1.165) is 0 Å². The van der Waals surface area contributed by atoms with Gasteiger partial charge in [-0.25, -0.2) is 0 Å². The number of rotatable bonds is 3. The lowest BCUT2D eigenvalue weighted by Crippen LogP contribution is -2.48. The topological polar surface area (TPSA) is 79.3 Å². The number of aryl methyl sites for hydroxylation is 1. The number of anilines is 1. The van der Waals surface area contributed by atoms with Crippen LogP contribution in [0.3, 0.4) is 0 Å². The van der Waals surface area contributed by atoms with E-state index in [9.17, 15) is 8.42 Å². The predicted octanol–water partition coefficient (Wildman–Crippen LogP) is -1.02. The summed E-state index contributed by atoms with van der Waals surface area (Å²) in [4.78, 5) is 0. The Morgan fingerprint density at radius 2 is 2.12 bits per heavy atom. The zero-order valence-electron chi connectivity index (χ0n) is 9.05. The Hall–Kier alpha value is -1.12. The Balaban J connectivity index is 2.10. The van der Waals surface area contributed by atoms with Crippen molar-refractivity contribution in [3.63, 3.8) is 0 Å². The summed E-state index contributed by atoms with van der Waals surface area (Å²) in [5.74, 6) is 0.471. The SMILES string of the molecule is Cn1nccc1NS(=O)(=O)N1CCNCC1. The van der Waals surface area contributed by atoms with E-state index in [0.29, 0.717) is 32.0 Å². The first kappa shape index (κ1) is 11.4. The maximum Gasteiger partial charge on any atom is 0.302 e. The minimum atomic E-state index is -3.45. The average molecular weight is 245 g/mol. The molecule has 2 rings (SSSR count). The molecular formula is C8H15N5O2S. The van der Waals surface area contributed by atoms with Crippen LogP contribution in [0.4, 0.5) is 5.82 Å². The third kappa shape index (κ3) is 2.34. The molecule has 0 aliphatic carbocycles. The molecule has 0 unspecified atom stereocenters. The fourth-order valence-corrected chi connectivity index (χ4v) is 2.81. The molecule has 7 nitrogen and oxygen atoms in total. The zero-order chi connectivity index (χ0) is 11.6. The molecule has 1 aliphatic rings. The van der Waals surface area contributed by atoms with Gasteiger partial charge in [0.25, 0.3) is 0 Å². The van der Waals surface area contributed by atoms with Crippen molar-refractivity contribution in [3.8, 4) is 0 Å². The van der Waals surface area contributed by atoms with Gasteiger partial charge in [-0.05, 0) is 0 Å². The van der Waals surface area contributed by atoms with Crippen molar-refractivity contribution in [2.24, 2.45) is 7.05 Å². The molecule has 1 aromatic heterocycles. The summed E-state index contributed by atoms with van der Waals surface area (Å²) >= 11 is 0. The van der Waals surface area contributed by atoms with Gasteiger partial charge in [0, 0.05) is 39.3 Å². The highest BCUT2D eigenvalue weighted by Crippen LogP contribution is 2.10. The molecule has 1 fully saturated rings. The van der Waals surface area contributed by atoms with E-state index in [2.05, 4.69) is 15.1 Å². The maximum atomic E-state index is 12.0. The molecule has 2 heterocycles. The molecular weight excluding hydrogens is 230 g/mol. The van der Waals surface area contributed by atoms with Gasteiger partial charge in [0.05, 0.1) is 6.20 Å². The van der Waals surface area contributed by atoms with E-state index < -0.39 is 10.2 Å². The standard InChI is InChI=1S/C8H15N5O2S/c1-12-8(2-3-10-12)11-16(14,15)13-6-4-9-5-7-13/h2-3,9,11H,4-7H2,1H3. The van der Waals surface area contributed by atoms with Crippen LogP contribution < -0.4 is 10.0 Å². The number of hydrogen-bond acceptors (Lipinski definition) is 4. The molecule has 1 aromatic rings. The van der Waals surface area contributed by atoms with Crippen LogP contribution in [0.5, 0.6) is 0 Å². The van der Waals surface area contributed by atoms with Crippen LogP contribution in [-0.2, 0) is 17.3 Å². The van der Waals surface area contributed by atoms with Crippen LogP contribution in [0.15, 0.2) is 12.3 Å². The highest BCUT2D eigenvalue weighted by Gasteiger charge is 2.24. The Morgan fingerprint density at radius 1 is 1.44 bits per heavy atom. The summed E-state index contributed by atoms with van der Waals surface area (Å²) in [7, 11) is -1.76. The van der Waals surface area contributed by atoms with Crippen molar-refractivity contribution < 1.29 is 8.42 Å². The van der Waals surface area contributed by atoms with Crippen molar-refractivity contribution in [1.29, 1.82) is 0 Å². The smallest absolute Gasteiger partial charge is 0.302 e. The summed E-state index contributed by atoms with van der Waals surface area (Å²) in [5, 5.41) is 7.01. The second-order valence-corrected chi connectivity index (χ2v) is 5.27. The van der Waals surface area contributed by atoms with E-state index in [4.69, 9.17) is 0 Å². The fourth-order valence-electron chi connectivity index (χ4n) is 1.56. The van der Waals surface area contributed by atoms with Crippen molar-refractivity contribution in [2.75, 3.05) is 30.9 Å². The number of piperazine rings is 1. The van der Waals surface area contributed by atoms with Gasteiger partial charge in [0.2, 0.25) is 0 Å². The van der Waals surface area contributed by atoms with Gasteiger partial charge in [0.15, 0.2) is 0 Å². The van der Waals surface area contributed by atoms with Crippen LogP contribution in [0.1, 0.15) is 0 Å². The highest BCUT2D eigenvalue weighted by molar-refractivity contribution is 7.90. The van der Waals surface area contributed by atoms with Crippen LogP contribution >= 0.6 is 0 Å². The fraction of sp³-hybridized carbons (Fsp3) is 0.625. The van der Waals surface area contributed by atoms with Crippen molar-refractivity contribution in [2.45, 2.75) is 0 Å². The van der Waals surface area contributed by atoms with Crippen LogP contribution in [0, 0.1) is 0 Å². The first-order valence-corrected chi connectivity index (χ1v) is 6.50. The summed E-state index contributed by atoms with van der Waals surface area (Å²) in [5.41, 5.74) is 0. The lowest BCUT2D eigenvalue weighted by atomic mass is 10.4. The average Bonchev–Trinajstić information content (AvgIpc) is 2.65. The molecule has 1 saturated heterocycles. The Bertz CT molecular complexity index is 449. The van der Waals surface area contributed by atoms with Gasteiger partial charge >= 0.3 is 10.2 Å². The molecule has 0 bridgehead atoms. The van der Waals surface area contributed by atoms with Gasteiger partial charge < -0.3 is 5.32 Å². The summed E-state index contributed by atoms with van der Waals surface area (Å²) in [6.45, 7) is 2.36. The molecule has 8 heteroatoms. The molecule has 16 heavy (non-hydrogen) atoms. The van der Waals surface area contributed by atoms with Gasteiger partial charge in [-0.2, -0.15) is 17.8 Å². The molecule has 90 valence electrons. The van der Waals surface area contributed by atoms with E-state index in [1.54, 1.807) is 19.3 Å². The molecule has 0 amide bonds. The molecule has 1 aliphatic heterocycles. The van der Waals surface area contributed by atoms with E-state index in [1.165, 1.54) is 8.99 Å². The second-order valence-electron chi connectivity index (χ2n) is 3.60. The number of hydrogen-bond donors (Lipinski definition) is 2. The second kappa shape index (κ2) is 4.40. The summed E-state index contributed by atoms with van der Waals surface area (Å²) < 4.78 is 29.3. The van der Waals surface area contributed by atoms with E-state index in [-0.39, 0.29) is 0 Å². The van der Waals surface area contributed by atoms with Gasteiger partial charge in [0.1, 0.15) is 5.82 Å². The molecule has 0 atom stereocenters. The van der Waals surface area contributed by atoms with E-state index >= 15 is 0 Å². The zero-order valence-corrected chi connectivity index (χ0v) is 9.87. The number of nitrogens with one attached hydrogen (secondary N) is 2. The van der Waals surface area contributed by atoms with Gasteiger partial charge in [-0.15, -0.1) is 0 Å². The maximum absolute atomic E-state index is 12.0. The first-order chi connectivity index (χ1) is 7.59. The molecule has 0 radical (unpaired) electrons. The highest BCUT2D eigenvalue weighted by atomic mass is 32.2. The Labute approximate surface area is 94.6 Å². The number of nitrogens with zero attached hydrogens (tertiary/aromatic N) is 3. The quantitative estimate of drug-likeness (QED) is 0.714. The summed E-state index contributed by atoms with van der Waals surface area (Å²) in [6.07, 6.45) is 1.55. The van der Waals surface area contributed by atoms with Gasteiger partial charge in [-0.3, -0.25) is 9.40 Å². The van der Waals surface area contributed by atoms with Crippen molar-refractivity contribution in [1.82, 2.24) is 19.4 Å². The molecule has 0 spiro atoms. The van der Waals surface area contributed by atoms with Crippen LogP contribution in [0.2, 0.25) is 0 Å². The monoisotopic (exact) mass is 245 g/mol. The lowest BCUT2D eigenvalue weighted by Gasteiger charge is -2.26. The van der Waals surface area contributed by atoms with Crippen LogP contribution in [-0.4, -0.2) is 48.7 Å². The van der Waals surface area contributed by atoms with Crippen LogP contribution in [0.25, 0.3) is 0 Å². The predicted molar refractivity (Wildman–Crippen MR) is 60.2 cm³/mol. The lowest BCUT2D eigenvalue weighted by molar-refractivity contribution is 0.362. The third-order valence-corrected chi connectivity index (χ3v) is 3.98. The molecule has 0 aromatic carbocycles. The Kier molecular flexibility index (Phi) is 3.13. The number of aromatic nitrogens is 2. The normalized spacial score (nSPS) is 18.6. The molecule has 0 saturated carbocycles. The third-order valence-electron chi connectivity index (χ3n) is 2.47. The Morgan fingerprint density at radius 3 is 2.69 bits per heavy atom. The summed E-state index contributed by atoms with van der Waals surface area (Å²) in [6, 6.07) is 1.62. The minimum Gasteiger partial charge on any atom is -0.314 e. The van der Waals surface area contributed by atoms with Gasteiger partial charge in [-0.1, -0.05) is 0 Å². The minimum absolute atomic E-state index is 0.471. The largest absolute Gasteiger partial charge is 0.314 e.